The van der Waals surface area contributed by atoms with Crippen molar-refractivity contribution in [3.05, 3.63) is 23.8 Å². The van der Waals surface area contributed by atoms with Gasteiger partial charge in [-0.15, -0.1) is 0 Å². The first-order valence-electron chi connectivity index (χ1n) is 13.4. The summed E-state index contributed by atoms with van der Waals surface area (Å²) in [6, 6.07) is 5.32. The van der Waals surface area contributed by atoms with Crippen molar-refractivity contribution >= 4 is 11.8 Å². The molecule has 6 rings (SSSR count). The molecule has 4 saturated carbocycles. The lowest BCUT2D eigenvalue weighted by atomic mass is 9.44. The summed E-state index contributed by atoms with van der Waals surface area (Å²) in [6.07, 6.45) is 7.61. The number of rotatable bonds is 4. The monoisotopic (exact) mass is 466 g/mol. The summed E-state index contributed by atoms with van der Waals surface area (Å²) in [6.45, 7) is 7.30. The normalized spacial score (nSPS) is 43.0. The van der Waals surface area contributed by atoms with Crippen LogP contribution in [0.3, 0.4) is 0 Å². The van der Waals surface area contributed by atoms with Crippen LogP contribution in [-0.4, -0.2) is 29.6 Å². The third-order valence-electron chi connectivity index (χ3n) is 11.2. The smallest absolute Gasteiger partial charge is 0.338 e. The number of fused-ring (bicyclic) bond motifs is 6. The van der Waals surface area contributed by atoms with Crippen molar-refractivity contribution in [1.29, 1.82) is 0 Å². The number of carbonyl (C=O) groups excluding carboxylic acids is 2. The number of hydrogen-bond donors (Lipinski definition) is 1. The van der Waals surface area contributed by atoms with E-state index in [1.165, 1.54) is 25.7 Å². The van der Waals surface area contributed by atoms with E-state index in [2.05, 4.69) is 20.8 Å². The second kappa shape index (κ2) is 7.81. The molecule has 5 aliphatic rings. The Kier molecular flexibility index (Phi) is 5.19. The zero-order valence-electron chi connectivity index (χ0n) is 20.7. The lowest BCUT2D eigenvalue weighted by molar-refractivity contribution is -0.172. The molecule has 0 saturated heterocycles. The molecule has 0 radical (unpaired) electrons. The van der Waals surface area contributed by atoms with Crippen LogP contribution in [0.2, 0.25) is 0 Å². The van der Waals surface area contributed by atoms with Crippen LogP contribution in [0.25, 0.3) is 0 Å². The Morgan fingerprint density at radius 1 is 1.12 bits per heavy atom. The molecule has 1 N–H and O–H groups in total. The van der Waals surface area contributed by atoms with Crippen LogP contribution in [0.15, 0.2) is 18.2 Å². The van der Waals surface area contributed by atoms with Crippen molar-refractivity contribution in [3.63, 3.8) is 0 Å². The maximum absolute atomic E-state index is 13.1. The molecule has 1 aromatic rings. The fourth-order valence-electron chi connectivity index (χ4n) is 9.34. The second-order valence-electron chi connectivity index (χ2n) is 12.5. The molecule has 5 nitrogen and oxygen atoms in total. The van der Waals surface area contributed by atoms with Crippen LogP contribution in [0.4, 0.5) is 0 Å². The number of esters is 1. The molecule has 0 spiro atoms. The standard InChI is InChI=1S/C29H38O5/c1-16(15-30)21-7-8-22-20-6-5-18-13-19(31)14-26(29(18,3)23(20)10-11-28(21,22)2)34-27(32)17-4-9-24-25(12-17)33-24/h4,9,12,16,18,20-23,26,30H,5-8,10-11,13-15H2,1-3H3/t16-,18+,20+,21+,22+,23+,26+,28+,29+/m1/s1. The van der Waals surface area contributed by atoms with Gasteiger partial charge in [0.25, 0.3) is 0 Å². The molecule has 0 aromatic heterocycles. The number of hydrogen-bond acceptors (Lipinski definition) is 5. The molecule has 4 aliphatic carbocycles. The third kappa shape index (κ3) is 3.22. The quantitative estimate of drug-likeness (QED) is 0.456. The van der Waals surface area contributed by atoms with Crippen molar-refractivity contribution in [3.8, 4) is 11.5 Å². The number of Topliss-reactive ketones (excluding diaryl/α,β-unsaturated/α-hetero) is 1. The first-order valence-corrected chi connectivity index (χ1v) is 13.4. The number of aliphatic hydroxyl groups is 1. The summed E-state index contributed by atoms with van der Waals surface area (Å²) in [5.74, 6) is 4.46. The molecule has 0 amide bonds. The Hall–Kier alpha value is -1.88. The van der Waals surface area contributed by atoms with Gasteiger partial charge in [-0.2, -0.15) is 0 Å². The summed E-state index contributed by atoms with van der Waals surface area (Å²) in [7, 11) is 0. The topological polar surface area (TPSA) is 76.1 Å². The van der Waals surface area contributed by atoms with Crippen LogP contribution in [0.5, 0.6) is 11.5 Å². The highest BCUT2D eigenvalue weighted by atomic mass is 16.6. The van der Waals surface area contributed by atoms with Gasteiger partial charge in [-0.3, -0.25) is 4.79 Å². The first-order chi connectivity index (χ1) is 16.3. The molecule has 1 aromatic carbocycles. The Labute approximate surface area is 202 Å². The van der Waals surface area contributed by atoms with Crippen LogP contribution in [0.1, 0.15) is 82.5 Å². The van der Waals surface area contributed by atoms with E-state index in [1.54, 1.807) is 12.1 Å². The zero-order valence-corrected chi connectivity index (χ0v) is 20.7. The van der Waals surface area contributed by atoms with E-state index in [0.717, 1.165) is 24.3 Å². The van der Waals surface area contributed by atoms with Gasteiger partial charge in [0.1, 0.15) is 11.9 Å². The van der Waals surface area contributed by atoms with E-state index in [1.807, 2.05) is 6.07 Å². The van der Waals surface area contributed by atoms with E-state index in [-0.39, 0.29) is 35.3 Å². The fourth-order valence-corrected chi connectivity index (χ4v) is 9.34. The van der Waals surface area contributed by atoms with Gasteiger partial charge in [-0.25, -0.2) is 4.79 Å². The lowest BCUT2D eigenvalue weighted by Crippen LogP contribution is -2.59. The average molecular weight is 467 g/mol. The molecule has 0 bridgehead atoms. The maximum Gasteiger partial charge on any atom is 0.338 e. The van der Waals surface area contributed by atoms with Gasteiger partial charge in [0, 0.05) is 24.9 Å². The number of carbonyl (C=O) groups is 2. The van der Waals surface area contributed by atoms with Gasteiger partial charge in [-0.05, 0) is 97.6 Å². The van der Waals surface area contributed by atoms with Crippen LogP contribution < -0.4 is 4.74 Å². The minimum Gasteiger partial charge on any atom is -0.458 e. The van der Waals surface area contributed by atoms with Gasteiger partial charge in [0.2, 0.25) is 0 Å². The van der Waals surface area contributed by atoms with Crippen molar-refractivity contribution in [1.82, 2.24) is 0 Å². The lowest BCUT2D eigenvalue weighted by Gasteiger charge is -2.62. The number of ketones is 1. The minimum atomic E-state index is -0.359. The SMILES string of the molecule is C[C@H](CO)[C@@H]1CC[C@H]2[C@@H]3CC[C@H]4CC(=O)C[C@H](OC(=O)c5ccc6c(c5)O6)[C@]4(C)[C@H]3CC[C@]21C. The number of ether oxygens (including phenoxy) is 2. The molecule has 0 unspecified atom stereocenters. The summed E-state index contributed by atoms with van der Waals surface area (Å²) >= 11 is 0. The molecule has 5 heteroatoms. The highest BCUT2D eigenvalue weighted by Crippen LogP contribution is 2.68. The Balaban J connectivity index is 1.28. The molecule has 1 heterocycles. The predicted octanol–water partition coefficient (Wildman–Crippen LogP) is 5.78. The third-order valence-corrected chi connectivity index (χ3v) is 11.2. The number of aliphatic hydroxyl groups excluding tert-OH is 1. The Morgan fingerprint density at radius 2 is 1.94 bits per heavy atom. The van der Waals surface area contributed by atoms with Crippen molar-refractivity contribution in [2.75, 3.05) is 6.61 Å². The van der Waals surface area contributed by atoms with Gasteiger partial charge in [0.05, 0.1) is 5.56 Å². The molecule has 184 valence electrons. The van der Waals surface area contributed by atoms with E-state index >= 15 is 0 Å². The van der Waals surface area contributed by atoms with E-state index in [9.17, 15) is 14.7 Å². The highest BCUT2D eigenvalue weighted by Gasteiger charge is 2.63. The van der Waals surface area contributed by atoms with Crippen LogP contribution in [0, 0.1) is 46.3 Å². The minimum absolute atomic E-state index is 0.159. The highest BCUT2D eigenvalue weighted by molar-refractivity contribution is 5.91. The molecular weight excluding hydrogens is 428 g/mol. The largest absolute Gasteiger partial charge is 0.458 e. The van der Waals surface area contributed by atoms with Crippen molar-refractivity contribution < 1.29 is 24.2 Å². The average Bonchev–Trinajstić information content (AvgIpc) is 3.51. The first kappa shape index (κ1) is 22.6. The summed E-state index contributed by atoms with van der Waals surface area (Å²) in [5.41, 5.74) is 0.638. The summed E-state index contributed by atoms with van der Waals surface area (Å²) in [4.78, 5) is 25.9. The summed E-state index contributed by atoms with van der Waals surface area (Å²) < 4.78 is 11.5. The van der Waals surface area contributed by atoms with E-state index < -0.39 is 0 Å². The predicted molar refractivity (Wildman–Crippen MR) is 128 cm³/mol. The van der Waals surface area contributed by atoms with E-state index in [4.69, 9.17) is 9.47 Å². The number of benzene rings is 1. The maximum atomic E-state index is 13.1. The molecule has 34 heavy (non-hydrogen) atoms. The van der Waals surface area contributed by atoms with Crippen molar-refractivity contribution in [2.45, 2.75) is 78.2 Å². The molecule has 9 atom stereocenters. The molecular formula is C29H38O5. The van der Waals surface area contributed by atoms with Gasteiger partial charge in [0.15, 0.2) is 11.5 Å². The summed E-state index contributed by atoms with van der Waals surface area (Å²) in [5, 5.41) is 9.90. The second-order valence-corrected chi connectivity index (χ2v) is 12.5. The zero-order chi connectivity index (χ0) is 23.8. The van der Waals surface area contributed by atoms with Crippen LogP contribution in [-0.2, 0) is 9.53 Å². The fraction of sp³-hybridized carbons (Fsp3) is 0.724. The Bertz CT molecular complexity index is 1020. The molecule has 4 fully saturated rings. The van der Waals surface area contributed by atoms with Gasteiger partial charge >= 0.3 is 5.97 Å². The van der Waals surface area contributed by atoms with E-state index in [0.29, 0.717) is 53.9 Å². The van der Waals surface area contributed by atoms with Gasteiger partial charge < -0.3 is 14.6 Å². The van der Waals surface area contributed by atoms with Crippen molar-refractivity contribution in [2.24, 2.45) is 46.3 Å². The van der Waals surface area contributed by atoms with Gasteiger partial charge in [-0.1, -0.05) is 20.8 Å². The Morgan fingerprint density at radius 3 is 2.71 bits per heavy atom. The van der Waals surface area contributed by atoms with Crippen LogP contribution >= 0.6 is 0 Å². The molecule has 1 aliphatic heterocycles.